The van der Waals surface area contributed by atoms with E-state index in [1.54, 1.807) is 6.07 Å². The second-order valence-corrected chi connectivity index (χ2v) is 5.16. The Morgan fingerprint density at radius 3 is 2.89 bits per heavy atom. The van der Waals surface area contributed by atoms with Crippen molar-refractivity contribution in [1.29, 1.82) is 0 Å². The van der Waals surface area contributed by atoms with Crippen molar-refractivity contribution >= 4 is 0 Å². The molecule has 2 rings (SSSR count). The van der Waals surface area contributed by atoms with E-state index in [9.17, 15) is 4.39 Å². The lowest BCUT2D eigenvalue weighted by Crippen LogP contribution is -2.52. The molecule has 1 aromatic carbocycles. The van der Waals surface area contributed by atoms with Crippen LogP contribution < -0.4 is 16.0 Å². The van der Waals surface area contributed by atoms with Crippen molar-refractivity contribution in [2.75, 3.05) is 13.7 Å². The van der Waals surface area contributed by atoms with E-state index in [0.717, 1.165) is 25.0 Å². The molecule has 0 radical (unpaired) electrons. The predicted octanol–water partition coefficient (Wildman–Crippen LogP) is 1.78. The molecule has 1 saturated heterocycles. The zero-order valence-electron chi connectivity index (χ0n) is 11.4. The molecular weight excluding hydrogens is 247 g/mol. The van der Waals surface area contributed by atoms with Crippen LogP contribution in [0.15, 0.2) is 18.2 Å². The summed E-state index contributed by atoms with van der Waals surface area (Å²) in [5, 5.41) is 0. The topological polar surface area (TPSA) is 56.5 Å². The number of hydrogen-bond acceptors (Lipinski definition) is 4. The van der Waals surface area contributed by atoms with E-state index in [2.05, 4.69) is 5.43 Å². The molecule has 106 valence electrons. The minimum atomic E-state index is -0.353. The molecule has 5 heteroatoms. The van der Waals surface area contributed by atoms with Crippen LogP contribution in [0.1, 0.15) is 25.3 Å². The summed E-state index contributed by atoms with van der Waals surface area (Å²) >= 11 is 0. The first-order chi connectivity index (χ1) is 9.09. The summed E-state index contributed by atoms with van der Waals surface area (Å²) in [6.07, 6.45) is 2.61. The molecule has 2 atom stereocenters. The standard InChI is InChI=1S/C14H21FN2O2/c1-14(6-3-7-19-14)13(17-16)9-10-4-5-12(18-2)11(15)8-10/h4-5,8,13,17H,3,6-7,9,16H2,1-2H3. The molecule has 2 unspecified atom stereocenters. The zero-order valence-corrected chi connectivity index (χ0v) is 11.4. The van der Waals surface area contributed by atoms with Crippen LogP contribution in [0.5, 0.6) is 5.75 Å². The fraction of sp³-hybridized carbons (Fsp3) is 0.571. The molecule has 0 aromatic heterocycles. The van der Waals surface area contributed by atoms with Gasteiger partial charge in [-0.15, -0.1) is 0 Å². The lowest BCUT2D eigenvalue weighted by Gasteiger charge is -2.33. The summed E-state index contributed by atoms with van der Waals surface area (Å²) < 4.78 is 24.4. The van der Waals surface area contributed by atoms with Gasteiger partial charge in [0.1, 0.15) is 0 Å². The third-order valence-corrected chi connectivity index (χ3v) is 3.84. The van der Waals surface area contributed by atoms with Crippen LogP contribution in [0.3, 0.4) is 0 Å². The third kappa shape index (κ3) is 3.05. The van der Waals surface area contributed by atoms with Gasteiger partial charge >= 0.3 is 0 Å². The Morgan fingerprint density at radius 1 is 1.58 bits per heavy atom. The molecule has 0 spiro atoms. The number of ether oxygens (including phenoxy) is 2. The Hall–Kier alpha value is -1.17. The second-order valence-electron chi connectivity index (χ2n) is 5.16. The summed E-state index contributed by atoms with van der Waals surface area (Å²) in [5.41, 5.74) is 3.39. The number of hydrogen-bond donors (Lipinski definition) is 2. The number of nitrogens with two attached hydrogens (primary N) is 1. The summed E-state index contributed by atoms with van der Waals surface area (Å²) in [5.74, 6) is 5.53. The van der Waals surface area contributed by atoms with E-state index in [0.29, 0.717) is 6.42 Å². The second kappa shape index (κ2) is 5.86. The lowest BCUT2D eigenvalue weighted by atomic mass is 9.89. The molecule has 1 aliphatic rings. The van der Waals surface area contributed by atoms with Gasteiger partial charge in [0.15, 0.2) is 11.6 Å². The highest BCUT2D eigenvalue weighted by Crippen LogP contribution is 2.30. The largest absolute Gasteiger partial charge is 0.494 e. The smallest absolute Gasteiger partial charge is 0.165 e. The Kier molecular flexibility index (Phi) is 4.39. The van der Waals surface area contributed by atoms with Crippen LogP contribution in [-0.4, -0.2) is 25.4 Å². The van der Waals surface area contributed by atoms with E-state index in [-0.39, 0.29) is 23.2 Å². The first-order valence-corrected chi connectivity index (χ1v) is 6.51. The Bertz CT molecular complexity index is 433. The molecular formula is C14H21FN2O2. The van der Waals surface area contributed by atoms with Crippen molar-refractivity contribution in [3.63, 3.8) is 0 Å². The van der Waals surface area contributed by atoms with E-state index in [4.69, 9.17) is 15.3 Å². The number of rotatable bonds is 5. The molecule has 19 heavy (non-hydrogen) atoms. The fourth-order valence-corrected chi connectivity index (χ4v) is 2.60. The maximum absolute atomic E-state index is 13.7. The van der Waals surface area contributed by atoms with Crippen molar-refractivity contribution in [2.45, 2.75) is 37.8 Å². The number of hydrazine groups is 1. The van der Waals surface area contributed by atoms with Gasteiger partial charge in [-0.3, -0.25) is 11.3 Å². The van der Waals surface area contributed by atoms with Crippen molar-refractivity contribution in [3.8, 4) is 5.75 Å². The first-order valence-electron chi connectivity index (χ1n) is 6.51. The SMILES string of the molecule is COc1ccc(CC(NN)C2(C)CCCO2)cc1F. The van der Waals surface area contributed by atoms with E-state index in [1.807, 2.05) is 13.0 Å². The monoisotopic (exact) mass is 268 g/mol. The minimum Gasteiger partial charge on any atom is -0.494 e. The quantitative estimate of drug-likeness (QED) is 0.631. The Balaban J connectivity index is 2.12. The fourth-order valence-electron chi connectivity index (χ4n) is 2.60. The summed E-state index contributed by atoms with van der Waals surface area (Å²) in [6, 6.07) is 4.94. The van der Waals surface area contributed by atoms with Crippen molar-refractivity contribution in [2.24, 2.45) is 5.84 Å². The maximum Gasteiger partial charge on any atom is 0.165 e. The minimum absolute atomic E-state index is 0.0391. The highest BCUT2D eigenvalue weighted by atomic mass is 19.1. The van der Waals surface area contributed by atoms with Crippen molar-refractivity contribution < 1.29 is 13.9 Å². The van der Waals surface area contributed by atoms with Gasteiger partial charge in [-0.2, -0.15) is 0 Å². The van der Waals surface area contributed by atoms with E-state index < -0.39 is 0 Å². The summed E-state index contributed by atoms with van der Waals surface area (Å²) in [7, 11) is 1.45. The van der Waals surface area contributed by atoms with Crippen LogP contribution in [0.25, 0.3) is 0 Å². The van der Waals surface area contributed by atoms with Gasteiger partial charge in [0.25, 0.3) is 0 Å². The van der Waals surface area contributed by atoms with Crippen LogP contribution in [0, 0.1) is 5.82 Å². The van der Waals surface area contributed by atoms with Gasteiger partial charge in [0.2, 0.25) is 0 Å². The average Bonchev–Trinajstić information content (AvgIpc) is 2.84. The number of methoxy groups -OCH3 is 1. The predicted molar refractivity (Wildman–Crippen MR) is 71.4 cm³/mol. The van der Waals surface area contributed by atoms with Gasteiger partial charge in [-0.25, -0.2) is 4.39 Å². The van der Waals surface area contributed by atoms with E-state index in [1.165, 1.54) is 13.2 Å². The molecule has 4 nitrogen and oxygen atoms in total. The zero-order chi connectivity index (χ0) is 13.9. The van der Waals surface area contributed by atoms with E-state index >= 15 is 0 Å². The molecule has 0 bridgehead atoms. The lowest BCUT2D eigenvalue weighted by molar-refractivity contribution is -0.0115. The first kappa shape index (κ1) is 14.2. The highest BCUT2D eigenvalue weighted by Gasteiger charge is 2.37. The highest BCUT2D eigenvalue weighted by molar-refractivity contribution is 5.30. The molecule has 1 aromatic rings. The molecule has 0 amide bonds. The number of benzene rings is 1. The van der Waals surface area contributed by atoms with Gasteiger partial charge in [0, 0.05) is 6.61 Å². The molecule has 3 N–H and O–H groups in total. The Morgan fingerprint density at radius 2 is 2.37 bits per heavy atom. The number of nitrogens with one attached hydrogen (secondary N) is 1. The third-order valence-electron chi connectivity index (χ3n) is 3.84. The summed E-state index contributed by atoms with van der Waals surface area (Å²) in [6.45, 7) is 2.80. The summed E-state index contributed by atoms with van der Waals surface area (Å²) in [4.78, 5) is 0. The normalized spacial score (nSPS) is 24.4. The van der Waals surface area contributed by atoms with Crippen LogP contribution in [-0.2, 0) is 11.2 Å². The van der Waals surface area contributed by atoms with Crippen molar-refractivity contribution in [1.82, 2.24) is 5.43 Å². The van der Waals surface area contributed by atoms with Crippen molar-refractivity contribution in [3.05, 3.63) is 29.6 Å². The van der Waals surface area contributed by atoms with Gasteiger partial charge in [-0.1, -0.05) is 6.07 Å². The van der Waals surface area contributed by atoms with Crippen LogP contribution in [0.4, 0.5) is 4.39 Å². The molecule has 0 saturated carbocycles. The molecule has 1 fully saturated rings. The molecule has 1 aliphatic heterocycles. The van der Waals surface area contributed by atoms with Gasteiger partial charge < -0.3 is 9.47 Å². The van der Waals surface area contributed by atoms with Gasteiger partial charge in [-0.05, 0) is 43.9 Å². The Labute approximate surface area is 113 Å². The molecule has 1 heterocycles. The average molecular weight is 268 g/mol. The maximum atomic E-state index is 13.7. The van der Waals surface area contributed by atoms with Crippen LogP contribution >= 0.6 is 0 Å². The van der Waals surface area contributed by atoms with Gasteiger partial charge in [0.05, 0.1) is 18.8 Å². The molecule has 0 aliphatic carbocycles. The number of halogens is 1. The van der Waals surface area contributed by atoms with Crippen LogP contribution in [0.2, 0.25) is 0 Å².